The van der Waals surface area contributed by atoms with E-state index in [-0.39, 0.29) is 19.3 Å². The van der Waals surface area contributed by atoms with Crippen molar-refractivity contribution in [3.8, 4) is 0 Å². The first-order valence-corrected chi connectivity index (χ1v) is 11.8. The standard InChI is InChI=1S/C24H35N5O8/c1-3-13(2)20(24(36)37)29-23(35)17(12-18(26)30)28-22(34)16(11-14-7-5-4-6-8-14)27-21(33)15(25)9-10-19(31)32/h4-8,13,15-17,20H,3,9-12,25H2,1-2H3,(H2,26,30)(H,27,33)(H,28,34)(H,29,35)(H,31,32)(H,36,37). The fourth-order valence-corrected chi connectivity index (χ4v) is 3.37. The third-order valence-electron chi connectivity index (χ3n) is 5.74. The van der Waals surface area contributed by atoms with Crippen molar-refractivity contribution in [2.45, 2.75) is 70.1 Å². The van der Waals surface area contributed by atoms with Crippen molar-refractivity contribution in [2.75, 3.05) is 0 Å². The molecule has 0 aliphatic rings. The van der Waals surface area contributed by atoms with Crippen LogP contribution in [0, 0.1) is 5.92 Å². The van der Waals surface area contributed by atoms with Crippen LogP contribution in [0.15, 0.2) is 30.3 Å². The Morgan fingerprint density at radius 1 is 0.892 bits per heavy atom. The maximum Gasteiger partial charge on any atom is 0.326 e. The zero-order chi connectivity index (χ0) is 28.1. The second-order valence-electron chi connectivity index (χ2n) is 8.73. The van der Waals surface area contributed by atoms with Gasteiger partial charge >= 0.3 is 11.9 Å². The number of nitrogens with two attached hydrogens (primary N) is 2. The highest BCUT2D eigenvalue weighted by molar-refractivity contribution is 5.96. The third-order valence-corrected chi connectivity index (χ3v) is 5.74. The van der Waals surface area contributed by atoms with Crippen LogP contribution in [0.3, 0.4) is 0 Å². The van der Waals surface area contributed by atoms with E-state index in [2.05, 4.69) is 16.0 Å². The summed E-state index contributed by atoms with van der Waals surface area (Å²) in [5, 5.41) is 25.4. The molecule has 13 heteroatoms. The monoisotopic (exact) mass is 521 g/mol. The zero-order valence-electron chi connectivity index (χ0n) is 20.8. The molecule has 37 heavy (non-hydrogen) atoms. The molecule has 5 unspecified atom stereocenters. The first kappa shape index (κ1) is 31.0. The van der Waals surface area contributed by atoms with Crippen LogP contribution in [0.2, 0.25) is 0 Å². The van der Waals surface area contributed by atoms with E-state index in [1.807, 2.05) is 0 Å². The number of primary amides is 1. The molecule has 9 N–H and O–H groups in total. The van der Waals surface area contributed by atoms with Crippen LogP contribution in [0.1, 0.15) is 45.1 Å². The van der Waals surface area contributed by atoms with E-state index < -0.39 is 72.1 Å². The highest BCUT2D eigenvalue weighted by atomic mass is 16.4. The number of nitrogens with one attached hydrogen (secondary N) is 3. The molecule has 5 atom stereocenters. The molecular weight excluding hydrogens is 486 g/mol. The molecule has 0 radical (unpaired) electrons. The molecule has 1 rings (SSSR count). The summed E-state index contributed by atoms with van der Waals surface area (Å²) < 4.78 is 0. The molecule has 1 aromatic carbocycles. The topological polar surface area (TPSA) is 231 Å². The summed E-state index contributed by atoms with van der Waals surface area (Å²) in [5.41, 5.74) is 11.7. The van der Waals surface area contributed by atoms with Gasteiger partial charge in [0.05, 0.1) is 12.5 Å². The van der Waals surface area contributed by atoms with Crippen molar-refractivity contribution >= 4 is 35.6 Å². The van der Waals surface area contributed by atoms with Crippen molar-refractivity contribution in [2.24, 2.45) is 17.4 Å². The smallest absolute Gasteiger partial charge is 0.326 e. The minimum atomic E-state index is -1.51. The van der Waals surface area contributed by atoms with Crippen LogP contribution in [0.4, 0.5) is 0 Å². The van der Waals surface area contributed by atoms with Crippen molar-refractivity contribution in [1.29, 1.82) is 0 Å². The summed E-state index contributed by atoms with van der Waals surface area (Å²) in [6.45, 7) is 3.37. The summed E-state index contributed by atoms with van der Waals surface area (Å²) in [6, 6.07) is 3.36. The predicted octanol–water partition coefficient (Wildman–Crippen LogP) is -1.12. The van der Waals surface area contributed by atoms with Crippen molar-refractivity contribution in [3.63, 3.8) is 0 Å². The number of hydrogen-bond donors (Lipinski definition) is 7. The lowest BCUT2D eigenvalue weighted by molar-refractivity contribution is -0.144. The van der Waals surface area contributed by atoms with Gasteiger partial charge in [-0.2, -0.15) is 0 Å². The molecule has 0 saturated heterocycles. The van der Waals surface area contributed by atoms with Gasteiger partial charge in [0.1, 0.15) is 18.1 Å². The summed E-state index contributed by atoms with van der Waals surface area (Å²) in [6.07, 6.45) is -0.711. The van der Waals surface area contributed by atoms with Crippen molar-refractivity contribution in [3.05, 3.63) is 35.9 Å². The Morgan fingerprint density at radius 2 is 1.46 bits per heavy atom. The lowest BCUT2D eigenvalue weighted by Gasteiger charge is -2.26. The average Bonchev–Trinajstić information content (AvgIpc) is 2.84. The molecule has 0 saturated carbocycles. The normalized spacial score (nSPS) is 14.8. The quantitative estimate of drug-likeness (QED) is 0.139. The van der Waals surface area contributed by atoms with Gasteiger partial charge in [0, 0.05) is 12.8 Å². The highest BCUT2D eigenvalue weighted by Crippen LogP contribution is 2.10. The summed E-state index contributed by atoms with van der Waals surface area (Å²) in [4.78, 5) is 72.6. The maximum absolute atomic E-state index is 13.2. The fraction of sp³-hybridized carbons (Fsp3) is 0.500. The van der Waals surface area contributed by atoms with E-state index in [0.29, 0.717) is 12.0 Å². The van der Waals surface area contributed by atoms with E-state index in [0.717, 1.165) is 0 Å². The molecule has 0 spiro atoms. The van der Waals surface area contributed by atoms with E-state index in [4.69, 9.17) is 16.6 Å². The van der Waals surface area contributed by atoms with Gasteiger partial charge in [-0.1, -0.05) is 50.6 Å². The summed E-state index contributed by atoms with van der Waals surface area (Å²) >= 11 is 0. The third kappa shape index (κ3) is 11.1. The highest BCUT2D eigenvalue weighted by Gasteiger charge is 2.32. The molecule has 0 bridgehead atoms. The second kappa shape index (κ2) is 15.2. The number of carboxylic acid groups (broad SMARTS) is 2. The molecule has 13 nitrogen and oxygen atoms in total. The Kier molecular flexibility index (Phi) is 12.7. The van der Waals surface area contributed by atoms with Gasteiger partial charge in [0.25, 0.3) is 0 Å². The number of carboxylic acids is 2. The predicted molar refractivity (Wildman–Crippen MR) is 132 cm³/mol. The molecule has 0 heterocycles. The van der Waals surface area contributed by atoms with E-state index in [1.165, 1.54) is 0 Å². The largest absolute Gasteiger partial charge is 0.481 e. The number of hydrogen-bond acceptors (Lipinski definition) is 7. The van der Waals surface area contributed by atoms with Crippen LogP contribution in [-0.2, 0) is 35.2 Å². The van der Waals surface area contributed by atoms with Crippen LogP contribution in [0.25, 0.3) is 0 Å². The van der Waals surface area contributed by atoms with Crippen molar-refractivity contribution in [1.82, 2.24) is 16.0 Å². The SMILES string of the molecule is CCC(C)C(NC(=O)C(CC(N)=O)NC(=O)C(Cc1ccccc1)NC(=O)C(N)CCC(=O)O)C(=O)O. The van der Waals surface area contributed by atoms with Crippen LogP contribution in [0.5, 0.6) is 0 Å². The lowest BCUT2D eigenvalue weighted by atomic mass is 9.98. The van der Waals surface area contributed by atoms with Gasteiger partial charge in [-0.15, -0.1) is 0 Å². The first-order valence-electron chi connectivity index (χ1n) is 11.8. The Hall–Kier alpha value is -4.00. The Labute approximate surface area is 214 Å². The van der Waals surface area contributed by atoms with E-state index in [9.17, 15) is 33.9 Å². The Morgan fingerprint density at radius 3 is 1.97 bits per heavy atom. The second-order valence-corrected chi connectivity index (χ2v) is 8.73. The van der Waals surface area contributed by atoms with Gasteiger partial charge in [0.2, 0.25) is 23.6 Å². The maximum atomic E-state index is 13.2. The number of amides is 4. The number of aliphatic carboxylic acids is 2. The molecule has 0 aliphatic carbocycles. The fourth-order valence-electron chi connectivity index (χ4n) is 3.37. The van der Waals surface area contributed by atoms with Gasteiger partial charge < -0.3 is 37.6 Å². The number of carbonyl (C=O) groups is 6. The molecule has 4 amide bonds. The molecule has 204 valence electrons. The number of rotatable bonds is 16. The van der Waals surface area contributed by atoms with Gasteiger partial charge in [-0.3, -0.25) is 24.0 Å². The number of carbonyl (C=O) groups excluding carboxylic acids is 4. The number of benzene rings is 1. The van der Waals surface area contributed by atoms with Gasteiger partial charge in [-0.05, 0) is 17.9 Å². The van der Waals surface area contributed by atoms with Crippen LogP contribution in [-0.4, -0.2) is 69.9 Å². The molecule has 0 aromatic heterocycles. The Balaban J connectivity index is 3.12. The summed E-state index contributed by atoms with van der Waals surface area (Å²) in [5.74, 6) is -6.34. The minimum absolute atomic E-state index is 0.0143. The van der Waals surface area contributed by atoms with Crippen molar-refractivity contribution < 1.29 is 39.0 Å². The Bertz CT molecular complexity index is 971. The zero-order valence-corrected chi connectivity index (χ0v) is 20.8. The van der Waals surface area contributed by atoms with Crippen LogP contribution >= 0.6 is 0 Å². The molecule has 0 fully saturated rings. The van der Waals surface area contributed by atoms with Gasteiger partial charge in [-0.25, -0.2) is 4.79 Å². The molecular formula is C24H35N5O8. The first-order chi connectivity index (χ1) is 17.3. The molecule has 0 aliphatic heterocycles. The van der Waals surface area contributed by atoms with E-state index in [1.54, 1.807) is 44.2 Å². The minimum Gasteiger partial charge on any atom is -0.481 e. The lowest BCUT2D eigenvalue weighted by Crippen LogP contribution is -2.58. The average molecular weight is 522 g/mol. The van der Waals surface area contributed by atoms with E-state index >= 15 is 0 Å². The van der Waals surface area contributed by atoms with Gasteiger partial charge in [0.15, 0.2) is 0 Å². The molecule has 1 aromatic rings. The van der Waals surface area contributed by atoms with Crippen LogP contribution < -0.4 is 27.4 Å². The summed E-state index contributed by atoms with van der Waals surface area (Å²) in [7, 11) is 0.